The number of nitrogens with zero attached hydrogens (tertiary/aromatic N) is 2. The summed E-state index contributed by atoms with van der Waals surface area (Å²) in [6.07, 6.45) is 1.66. The van der Waals surface area contributed by atoms with Crippen molar-refractivity contribution in [2.45, 2.75) is 6.42 Å². The number of pyridine rings is 1. The molecular formula is C26H28ClF2N5O3. The summed E-state index contributed by atoms with van der Waals surface area (Å²) in [6.45, 7) is 4.53. The zero-order valence-corrected chi connectivity index (χ0v) is 20.9. The number of urea groups is 1. The highest BCUT2D eigenvalue weighted by atomic mass is 35.5. The lowest BCUT2D eigenvalue weighted by atomic mass is 10.1. The van der Waals surface area contributed by atoms with Gasteiger partial charge in [-0.3, -0.25) is 4.90 Å². The third-order valence-corrected chi connectivity index (χ3v) is 6.33. The summed E-state index contributed by atoms with van der Waals surface area (Å²) in [4.78, 5) is 18.6. The minimum absolute atomic E-state index is 0.0267. The van der Waals surface area contributed by atoms with Crippen LogP contribution in [0.5, 0.6) is 5.75 Å². The Morgan fingerprint density at radius 3 is 2.59 bits per heavy atom. The average molecular weight is 532 g/mol. The normalized spacial score (nSPS) is 13.8. The monoisotopic (exact) mass is 531 g/mol. The number of ether oxygens (including phenoxy) is 2. The minimum Gasteiger partial charge on any atom is -0.489 e. The Morgan fingerprint density at radius 1 is 1.11 bits per heavy atom. The lowest BCUT2D eigenvalue weighted by molar-refractivity contribution is 0.0388. The molecule has 0 saturated carbocycles. The van der Waals surface area contributed by atoms with Gasteiger partial charge in [0.15, 0.2) is 11.6 Å². The van der Waals surface area contributed by atoms with Gasteiger partial charge in [0, 0.05) is 55.6 Å². The van der Waals surface area contributed by atoms with Gasteiger partial charge in [-0.2, -0.15) is 0 Å². The molecule has 1 fully saturated rings. The molecule has 11 heteroatoms. The molecule has 4 rings (SSSR count). The highest BCUT2D eigenvalue weighted by Gasteiger charge is 2.14. The van der Waals surface area contributed by atoms with Gasteiger partial charge in [0.05, 0.1) is 24.8 Å². The quantitative estimate of drug-likeness (QED) is 0.355. The maximum atomic E-state index is 14.0. The van der Waals surface area contributed by atoms with Gasteiger partial charge in [0.25, 0.3) is 0 Å². The molecule has 2 amide bonds. The first kappa shape index (κ1) is 26.6. The van der Waals surface area contributed by atoms with E-state index >= 15 is 0 Å². The third kappa shape index (κ3) is 7.28. The lowest BCUT2D eigenvalue weighted by Gasteiger charge is -2.26. The van der Waals surface area contributed by atoms with Gasteiger partial charge in [-0.15, -0.1) is 0 Å². The average Bonchev–Trinajstić information content (AvgIpc) is 2.90. The largest absolute Gasteiger partial charge is 0.489 e. The van der Waals surface area contributed by atoms with Crippen molar-refractivity contribution in [1.29, 1.82) is 0 Å². The van der Waals surface area contributed by atoms with Crippen LogP contribution in [-0.4, -0.2) is 61.9 Å². The number of carbonyl (C=O) groups excluding carboxylic acids is 1. The van der Waals surface area contributed by atoms with Gasteiger partial charge >= 0.3 is 6.03 Å². The molecule has 196 valence electrons. The fourth-order valence-electron chi connectivity index (χ4n) is 3.86. The fraction of sp³-hybridized carbons (Fsp3) is 0.308. The molecule has 2 aromatic carbocycles. The van der Waals surface area contributed by atoms with Gasteiger partial charge in [-0.1, -0.05) is 23.7 Å². The summed E-state index contributed by atoms with van der Waals surface area (Å²) < 4.78 is 38.6. The van der Waals surface area contributed by atoms with Crippen molar-refractivity contribution in [3.63, 3.8) is 0 Å². The summed E-state index contributed by atoms with van der Waals surface area (Å²) in [7, 11) is 0. The molecule has 0 radical (unpaired) electrons. The SMILES string of the molecule is Nc1ncc(-c2ccc(NC(=O)NCCN3CCOCC3)cc2)cc1OCCc1c(F)ccc(F)c1Cl. The number of hydrogen-bond acceptors (Lipinski definition) is 6. The Labute approximate surface area is 218 Å². The van der Waals surface area contributed by atoms with Crippen molar-refractivity contribution in [2.75, 3.05) is 57.1 Å². The van der Waals surface area contributed by atoms with Crippen LogP contribution in [0.25, 0.3) is 11.1 Å². The van der Waals surface area contributed by atoms with Crippen LogP contribution in [0.4, 0.5) is 25.1 Å². The topological polar surface area (TPSA) is 102 Å². The van der Waals surface area contributed by atoms with E-state index in [1.54, 1.807) is 24.4 Å². The molecule has 4 N–H and O–H groups in total. The van der Waals surface area contributed by atoms with E-state index in [1.165, 1.54) is 0 Å². The van der Waals surface area contributed by atoms with E-state index in [2.05, 4.69) is 20.5 Å². The maximum Gasteiger partial charge on any atom is 0.319 e. The molecule has 0 atom stereocenters. The van der Waals surface area contributed by atoms with Crippen molar-refractivity contribution in [3.8, 4) is 16.9 Å². The van der Waals surface area contributed by atoms with Crippen LogP contribution in [-0.2, 0) is 11.2 Å². The zero-order valence-electron chi connectivity index (χ0n) is 20.1. The number of halogens is 3. The number of benzene rings is 2. The number of anilines is 2. The van der Waals surface area contributed by atoms with Gasteiger partial charge in [-0.05, 0) is 35.9 Å². The highest BCUT2D eigenvalue weighted by Crippen LogP contribution is 2.29. The number of rotatable bonds is 9. The van der Waals surface area contributed by atoms with Crippen LogP contribution in [0.2, 0.25) is 5.02 Å². The van der Waals surface area contributed by atoms with E-state index < -0.39 is 11.6 Å². The number of hydrogen-bond donors (Lipinski definition) is 3. The zero-order chi connectivity index (χ0) is 26.2. The third-order valence-electron chi connectivity index (χ3n) is 5.92. The van der Waals surface area contributed by atoms with Gasteiger partial charge in [0.1, 0.15) is 11.6 Å². The lowest BCUT2D eigenvalue weighted by Crippen LogP contribution is -2.42. The minimum atomic E-state index is -0.690. The molecule has 0 bridgehead atoms. The van der Waals surface area contributed by atoms with Gasteiger partial charge in [-0.25, -0.2) is 18.6 Å². The predicted molar refractivity (Wildman–Crippen MR) is 139 cm³/mol. The Balaban J connectivity index is 1.30. The fourth-order valence-corrected chi connectivity index (χ4v) is 4.11. The van der Waals surface area contributed by atoms with Crippen LogP contribution < -0.4 is 21.1 Å². The van der Waals surface area contributed by atoms with Crippen molar-refractivity contribution < 1.29 is 23.0 Å². The predicted octanol–water partition coefficient (Wildman–Crippen LogP) is 4.34. The molecule has 1 aliphatic heterocycles. The van der Waals surface area contributed by atoms with Gasteiger partial charge in [0.2, 0.25) is 0 Å². The number of nitrogens with two attached hydrogens (primary N) is 1. The van der Waals surface area contributed by atoms with E-state index in [0.29, 0.717) is 18.0 Å². The van der Waals surface area contributed by atoms with E-state index in [-0.39, 0.29) is 35.5 Å². The standard InChI is InChI=1S/C26H28ClF2N5O3/c27-24-20(21(28)5-6-22(24)29)7-12-37-23-15-18(16-32-25(23)30)17-1-3-19(4-2-17)33-26(35)31-8-9-34-10-13-36-14-11-34/h1-6,15-16H,7-14H2,(H2,30,32)(H2,31,33,35). The molecule has 8 nitrogen and oxygen atoms in total. The second-order valence-corrected chi connectivity index (χ2v) is 8.82. The highest BCUT2D eigenvalue weighted by molar-refractivity contribution is 6.31. The summed E-state index contributed by atoms with van der Waals surface area (Å²) in [6, 6.07) is 10.7. The van der Waals surface area contributed by atoms with Crippen molar-refractivity contribution in [2.24, 2.45) is 0 Å². The maximum absolute atomic E-state index is 14.0. The van der Waals surface area contributed by atoms with E-state index in [0.717, 1.165) is 56.1 Å². The Hall–Kier alpha value is -3.47. The second kappa shape index (κ2) is 12.7. The van der Waals surface area contributed by atoms with Gasteiger partial charge < -0.3 is 25.8 Å². The smallest absolute Gasteiger partial charge is 0.319 e. The Kier molecular flexibility index (Phi) is 9.10. The van der Waals surface area contributed by atoms with E-state index in [1.807, 2.05) is 12.1 Å². The van der Waals surface area contributed by atoms with Crippen LogP contribution in [0.3, 0.4) is 0 Å². The first-order chi connectivity index (χ1) is 17.9. The summed E-state index contributed by atoms with van der Waals surface area (Å²) >= 11 is 5.87. The van der Waals surface area contributed by atoms with Crippen LogP contribution >= 0.6 is 11.6 Å². The molecule has 0 spiro atoms. The van der Waals surface area contributed by atoms with Crippen LogP contribution in [0.1, 0.15) is 5.56 Å². The molecular weight excluding hydrogens is 504 g/mol. The van der Waals surface area contributed by atoms with E-state index in [4.69, 9.17) is 26.8 Å². The van der Waals surface area contributed by atoms with Crippen LogP contribution in [0.15, 0.2) is 48.7 Å². The Bertz CT molecular complexity index is 1220. The van der Waals surface area contributed by atoms with Crippen molar-refractivity contribution in [1.82, 2.24) is 15.2 Å². The molecule has 37 heavy (non-hydrogen) atoms. The first-order valence-corrected chi connectivity index (χ1v) is 12.2. The van der Waals surface area contributed by atoms with Crippen LogP contribution in [0, 0.1) is 11.6 Å². The van der Waals surface area contributed by atoms with E-state index in [9.17, 15) is 13.6 Å². The number of nitrogen functional groups attached to an aromatic ring is 1. The molecule has 1 aromatic heterocycles. The Morgan fingerprint density at radius 2 is 1.84 bits per heavy atom. The second-order valence-electron chi connectivity index (χ2n) is 8.44. The molecule has 0 unspecified atom stereocenters. The molecule has 3 aromatic rings. The number of carbonyl (C=O) groups is 1. The molecule has 1 saturated heterocycles. The first-order valence-electron chi connectivity index (χ1n) is 11.9. The van der Waals surface area contributed by atoms with Crippen molar-refractivity contribution in [3.05, 3.63) is 70.9 Å². The summed E-state index contributed by atoms with van der Waals surface area (Å²) in [5, 5.41) is 5.41. The summed E-state index contributed by atoms with van der Waals surface area (Å²) in [5.41, 5.74) is 8.18. The number of aromatic nitrogens is 1. The van der Waals surface area contributed by atoms with Crippen molar-refractivity contribution >= 4 is 29.1 Å². The number of nitrogens with one attached hydrogen (secondary N) is 2. The summed E-state index contributed by atoms with van der Waals surface area (Å²) in [5.74, 6) is -0.812. The molecule has 2 heterocycles. The molecule has 0 aliphatic carbocycles. The molecule has 1 aliphatic rings. The number of morpholine rings is 1. The number of amides is 2.